The second-order valence-electron chi connectivity index (χ2n) is 7.00. The van der Waals surface area contributed by atoms with Gasteiger partial charge in [0.25, 0.3) is 0 Å². The van der Waals surface area contributed by atoms with Gasteiger partial charge in [0, 0.05) is 7.05 Å². The zero-order chi connectivity index (χ0) is 16.6. The number of hydrogen-bond acceptors (Lipinski definition) is 3. The number of amides is 1. The van der Waals surface area contributed by atoms with Gasteiger partial charge in [0.1, 0.15) is 5.82 Å². The summed E-state index contributed by atoms with van der Waals surface area (Å²) in [6.45, 7) is 7.19. The first-order valence-corrected chi connectivity index (χ1v) is 7.95. The number of pyridine rings is 1. The predicted octanol–water partition coefficient (Wildman–Crippen LogP) is 3.51. The lowest BCUT2D eigenvalue weighted by atomic mass is 9.80. The van der Waals surface area contributed by atoms with Gasteiger partial charge in [-0.3, -0.25) is 4.79 Å². The molecule has 0 spiro atoms. The van der Waals surface area contributed by atoms with Crippen molar-refractivity contribution in [3.63, 3.8) is 0 Å². The molecule has 1 aliphatic rings. The van der Waals surface area contributed by atoms with Gasteiger partial charge in [0.2, 0.25) is 5.91 Å². The van der Waals surface area contributed by atoms with Crippen molar-refractivity contribution in [1.29, 1.82) is 0 Å². The summed E-state index contributed by atoms with van der Waals surface area (Å²) in [6, 6.07) is 10.2. The molecule has 1 aliphatic heterocycles. The van der Waals surface area contributed by atoms with E-state index >= 15 is 0 Å². The number of carbonyl (C=O) groups is 1. The summed E-state index contributed by atoms with van der Waals surface area (Å²) in [5.74, 6) is 0.932. The zero-order valence-corrected chi connectivity index (χ0v) is 14.2. The molecular formula is C19H23N3O. The van der Waals surface area contributed by atoms with E-state index in [1.807, 2.05) is 24.1 Å². The molecule has 23 heavy (non-hydrogen) atoms. The smallest absolute Gasteiger partial charge is 0.231 e. The van der Waals surface area contributed by atoms with E-state index in [0.29, 0.717) is 13.0 Å². The van der Waals surface area contributed by atoms with E-state index in [1.54, 1.807) is 6.20 Å². The molecule has 4 nitrogen and oxygen atoms in total. The van der Waals surface area contributed by atoms with Crippen LogP contribution in [0.2, 0.25) is 0 Å². The van der Waals surface area contributed by atoms with Crippen molar-refractivity contribution in [1.82, 2.24) is 4.98 Å². The van der Waals surface area contributed by atoms with Crippen LogP contribution >= 0.6 is 0 Å². The Morgan fingerprint density at radius 3 is 2.57 bits per heavy atom. The van der Waals surface area contributed by atoms with Crippen molar-refractivity contribution in [3.8, 4) is 0 Å². The average molecular weight is 309 g/mol. The molecule has 0 atom stereocenters. The van der Waals surface area contributed by atoms with Crippen LogP contribution < -0.4 is 10.2 Å². The van der Waals surface area contributed by atoms with Crippen LogP contribution in [0.1, 0.15) is 37.5 Å². The molecule has 2 heterocycles. The Morgan fingerprint density at radius 1 is 1.17 bits per heavy atom. The van der Waals surface area contributed by atoms with Crippen LogP contribution in [0.3, 0.4) is 0 Å². The molecule has 3 rings (SSSR count). The Hall–Kier alpha value is -2.36. The van der Waals surface area contributed by atoms with Gasteiger partial charge in [-0.2, -0.15) is 0 Å². The second kappa shape index (κ2) is 5.69. The number of rotatable bonds is 2. The first-order chi connectivity index (χ1) is 10.9. The van der Waals surface area contributed by atoms with Gasteiger partial charge in [-0.15, -0.1) is 0 Å². The normalized spacial score (nSPS) is 14.6. The van der Waals surface area contributed by atoms with Crippen molar-refractivity contribution in [3.05, 3.63) is 53.2 Å². The lowest BCUT2D eigenvalue weighted by Crippen LogP contribution is -2.37. The highest BCUT2D eigenvalue weighted by atomic mass is 16.2. The van der Waals surface area contributed by atoms with Crippen LogP contribution in [0, 0.1) is 0 Å². The molecule has 1 aromatic heterocycles. The quantitative estimate of drug-likeness (QED) is 0.923. The minimum Gasteiger partial charge on any atom is -0.373 e. The highest BCUT2D eigenvalue weighted by molar-refractivity contribution is 5.96. The van der Waals surface area contributed by atoms with E-state index < -0.39 is 0 Å². The maximum Gasteiger partial charge on any atom is 0.231 e. The van der Waals surface area contributed by atoms with E-state index in [4.69, 9.17) is 0 Å². The van der Waals surface area contributed by atoms with Crippen LogP contribution in [0.4, 0.5) is 11.5 Å². The second-order valence-corrected chi connectivity index (χ2v) is 7.00. The molecule has 0 radical (unpaired) electrons. The van der Waals surface area contributed by atoms with Crippen molar-refractivity contribution < 1.29 is 4.79 Å². The molecular weight excluding hydrogens is 286 g/mol. The SMILES string of the molecule is CNc1ccc(N2Cc3cccc(C(C)(C)C)c3CC2=O)cn1. The zero-order valence-electron chi connectivity index (χ0n) is 14.2. The molecule has 0 bridgehead atoms. The van der Waals surface area contributed by atoms with Crippen LogP contribution in [-0.4, -0.2) is 17.9 Å². The maximum absolute atomic E-state index is 12.7. The number of benzene rings is 1. The molecule has 1 N–H and O–H groups in total. The first kappa shape index (κ1) is 15.5. The summed E-state index contributed by atoms with van der Waals surface area (Å²) in [7, 11) is 1.83. The highest BCUT2D eigenvalue weighted by Gasteiger charge is 2.29. The Labute approximate surface area is 137 Å². The van der Waals surface area contributed by atoms with Crippen LogP contribution in [0.5, 0.6) is 0 Å². The Morgan fingerprint density at radius 2 is 1.96 bits per heavy atom. The molecule has 0 aliphatic carbocycles. The molecule has 0 saturated carbocycles. The van der Waals surface area contributed by atoms with Crippen molar-refractivity contribution >= 4 is 17.4 Å². The van der Waals surface area contributed by atoms with Crippen LogP contribution in [0.25, 0.3) is 0 Å². The number of carbonyl (C=O) groups excluding carboxylic acids is 1. The molecule has 0 saturated heterocycles. The van der Waals surface area contributed by atoms with E-state index in [9.17, 15) is 4.79 Å². The van der Waals surface area contributed by atoms with Gasteiger partial charge in [0.05, 0.1) is 24.8 Å². The fraction of sp³-hybridized carbons (Fsp3) is 0.368. The monoisotopic (exact) mass is 309 g/mol. The molecule has 120 valence electrons. The van der Waals surface area contributed by atoms with Crippen LogP contribution in [-0.2, 0) is 23.2 Å². The van der Waals surface area contributed by atoms with Gasteiger partial charge in [-0.25, -0.2) is 4.98 Å². The number of hydrogen-bond donors (Lipinski definition) is 1. The Kier molecular flexibility index (Phi) is 3.84. The molecule has 1 amide bonds. The topological polar surface area (TPSA) is 45.2 Å². The van der Waals surface area contributed by atoms with E-state index in [0.717, 1.165) is 11.5 Å². The van der Waals surface area contributed by atoms with Gasteiger partial charge in [-0.05, 0) is 34.2 Å². The van der Waals surface area contributed by atoms with Crippen molar-refractivity contribution in [2.45, 2.75) is 39.2 Å². The summed E-state index contributed by atoms with van der Waals surface area (Å²) >= 11 is 0. The number of aromatic nitrogens is 1. The molecule has 2 aromatic rings. The third-order valence-electron chi connectivity index (χ3n) is 4.35. The fourth-order valence-corrected chi connectivity index (χ4v) is 3.13. The van der Waals surface area contributed by atoms with Gasteiger partial charge < -0.3 is 10.2 Å². The summed E-state index contributed by atoms with van der Waals surface area (Å²) in [6.07, 6.45) is 2.21. The third-order valence-corrected chi connectivity index (χ3v) is 4.35. The molecule has 0 unspecified atom stereocenters. The Balaban J connectivity index is 1.96. The van der Waals surface area contributed by atoms with E-state index in [1.165, 1.54) is 16.7 Å². The van der Waals surface area contributed by atoms with Crippen LogP contribution in [0.15, 0.2) is 36.5 Å². The minimum absolute atomic E-state index is 0.0454. The highest BCUT2D eigenvalue weighted by Crippen LogP contribution is 2.33. The summed E-state index contributed by atoms with van der Waals surface area (Å²) in [4.78, 5) is 18.8. The lowest BCUT2D eigenvalue weighted by Gasteiger charge is -2.32. The lowest BCUT2D eigenvalue weighted by molar-refractivity contribution is -0.118. The average Bonchev–Trinajstić information content (AvgIpc) is 2.53. The summed E-state index contributed by atoms with van der Waals surface area (Å²) in [5, 5.41) is 2.99. The number of anilines is 2. The number of nitrogens with zero attached hydrogens (tertiary/aromatic N) is 2. The maximum atomic E-state index is 12.7. The van der Waals surface area contributed by atoms with Crippen molar-refractivity contribution in [2.75, 3.05) is 17.3 Å². The number of nitrogens with one attached hydrogen (secondary N) is 1. The molecule has 1 aromatic carbocycles. The van der Waals surface area contributed by atoms with Gasteiger partial charge >= 0.3 is 0 Å². The number of fused-ring (bicyclic) bond motifs is 1. The van der Waals surface area contributed by atoms with Gasteiger partial charge in [-0.1, -0.05) is 39.0 Å². The first-order valence-electron chi connectivity index (χ1n) is 7.95. The standard InChI is InChI=1S/C19H23N3O/c1-19(2,3)16-7-5-6-13-12-22(18(23)10-15(13)16)14-8-9-17(20-4)21-11-14/h5-9,11H,10,12H2,1-4H3,(H,20,21). The Bertz CT molecular complexity index is 729. The summed E-state index contributed by atoms with van der Waals surface area (Å²) < 4.78 is 0. The van der Waals surface area contributed by atoms with Gasteiger partial charge in [0.15, 0.2) is 0 Å². The van der Waals surface area contributed by atoms with E-state index in [2.05, 4.69) is 49.3 Å². The fourth-order valence-electron chi connectivity index (χ4n) is 3.13. The largest absolute Gasteiger partial charge is 0.373 e. The molecule has 0 fully saturated rings. The van der Waals surface area contributed by atoms with Crippen molar-refractivity contribution in [2.24, 2.45) is 0 Å². The summed E-state index contributed by atoms with van der Waals surface area (Å²) in [5.41, 5.74) is 4.59. The molecule has 4 heteroatoms. The minimum atomic E-state index is 0.0454. The predicted molar refractivity (Wildman–Crippen MR) is 93.8 cm³/mol. The third kappa shape index (κ3) is 2.93. The van der Waals surface area contributed by atoms with E-state index in [-0.39, 0.29) is 11.3 Å².